The zero-order valence-corrected chi connectivity index (χ0v) is 10.4. The first-order valence-electron chi connectivity index (χ1n) is 6.03. The third-order valence-electron chi connectivity index (χ3n) is 3.60. The minimum atomic E-state index is -0.0739. The highest BCUT2D eigenvalue weighted by Gasteiger charge is 2.38. The zero-order valence-electron chi connectivity index (χ0n) is 9.54. The molecule has 2 unspecified atom stereocenters. The average molecular weight is 245 g/mol. The van der Waals surface area contributed by atoms with E-state index in [9.17, 15) is 4.79 Å². The van der Waals surface area contributed by atoms with Crippen molar-refractivity contribution >= 4 is 18.5 Å². The van der Waals surface area contributed by atoms with Gasteiger partial charge in [-0.1, -0.05) is 30.4 Å². The maximum atomic E-state index is 12.4. The van der Waals surface area contributed by atoms with Crippen LogP contribution >= 0.6 is 12.6 Å². The van der Waals surface area contributed by atoms with E-state index in [-0.39, 0.29) is 11.3 Å². The molecule has 1 heterocycles. The topological polar surface area (TPSA) is 20.3 Å². The Kier molecular flexibility index (Phi) is 2.71. The van der Waals surface area contributed by atoms with Crippen LogP contribution in [0.3, 0.4) is 0 Å². The number of fused-ring (bicyclic) bond motifs is 1. The second-order valence-electron chi connectivity index (χ2n) is 4.61. The lowest BCUT2D eigenvalue weighted by Gasteiger charge is -2.32. The predicted octanol–water partition coefficient (Wildman–Crippen LogP) is 3.18. The fourth-order valence-electron chi connectivity index (χ4n) is 2.71. The van der Waals surface area contributed by atoms with Crippen molar-refractivity contribution in [3.63, 3.8) is 0 Å². The molecule has 1 aromatic rings. The van der Waals surface area contributed by atoms with E-state index < -0.39 is 0 Å². The number of carbonyl (C=O) groups excluding carboxylic acids is 1. The number of rotatable bonds is 1. The highest BCUT2D eigenvalue weighted by molar-refractivity contribution is 7.80. The molecule has 0 N–H and O–H groups in total. The molecule has 2 aliphatic rings. The Labute approximate surface area is 107 Å². The van der Waals surface area contributed by atoms with Crippen molar-refractivity contribution < 1.29 is 4.79 Å². The molecule has 3 rings (SSSR count). The second kappa shape index (κ2) is 4.22. The van der Waals surface area contributed by atoms with Crippen LogP contribution in [0, 0.1) is 0 Å². The van der Waals surface area contributed by atoms with Crippen LogP contribution in [-0.4, -0.2) is 16.8 Å². The summed E-state index contributed by atoms with van der Waals surface area (Å²) in [6, 6.07) is 8.10. The lowest BCUT2D eigenvalue weighted by atomic mass is 10.0. The minimum absolute atomic E-state index is 0.0739. The van der Waals surface area contributed by atoms with E-state index in [4.69, 9.17) is 0 Å². The van der Waals surface area contributed by atoms with Crippen molar-refractivity contribution in [3.05, 3.63) is 47.5 Å². The van der Waals surface area contributed by atoms with Gasteiger partial charge < -0.3 is 4.90 Å². The number of allylic oxidation sites excluding steroid dienone is 1. The molecule has 88 valence electrons. The van der Waals surface area contributed by atoms with E-state index in [1.165, 1.54) is 0 Å². The molecule has 2 nitrogen and oxygen atoms in total. The quantitative estimate of drug-likeness (QED) is 0.595. The van der Waals surface area contributed by atoms with Crippen LogP contribution in [0.2, 0.25) is 0 Å². The van der Waals surface area contributed by atoms with Gasteiger partial charge in [-0.05, 0) is 30.9 Å². The molecule has 0 spiro atoms. The van der Waals surface area contributed by atoms with Crippen molar-refractivity contribution in [2.75, 3.05) is 0 Å². The summed E-state index contributed by atoms with van der Waals surface area (Å²) >= 11 is 4.62. The van der Waals surface area contributed by atoms with E-state index in [0.717, 1.165) is 30.4 Å². The Morgan fingerprint density at radius 3 is 2.76 bits per heavy atom. The van der Waals surface area contributed by atoms with Crippen LogP contribution in [0.1, 0.15) is 40.6 Å². The zero-order chi connectivity index (χ0) is 11.8. The Hall–Kier alpha value is -1.22. The molecule has 0 saturated carbocycles. The summed E-state index contributed by atoms with van der Waals surface area (Å²) in [4.78, 5) is 14.3. The van der Waals surface area contributed by atoms with Gasteiger partial charge in [0.2, 0.25) is 0 Å². The van der Waals surface area contributed by atoms with Gasteiger partial charge in [-0.25, -0.2) is 0 Å². The lowest BCUT2D eigenvalue weighted by Crippen LogP contribution is -2.37. The second-order valence-corrected chi connectivity index (χ2v) is 5.10. The summed E-state index contributed by atoms with van der Waals surface area (Å²) in [5, 5.41) is -0.0739. The molecule has 1 aliphatic carbocycles. The van der Waals surface area contributed by atoms with Gasteiger partial charge in [0.1, 0.15) is 5.37 Å². The molecule has 2 atom stereocenters. The number of nitrogens with zero attached hydrogens (tertiary/aromatic N) is 1. The summed E-state index contributed by atoms with van der Waals surface area (Å²) < 4.78 is 0. The van der Waals surface area contributed by atoms with Crippen LogP contribution in [0.4, 0.5) is 0 Å². The van der Waals surface area contributed by atoms with Crippen LogP contribution in [0.5, 0.6) is 0 Å². The van der Waals surface area contributed by atoms with E-state index in [1.807, 2.05) is 29.2 Å². The van der Waals surface area contributed by atoms with Crippen molar-refractivity contribution in [1.29, 1.82) is 0 Å². The molecule has 1 aromatic carbocycles. The van der Waals surface area contributed by atoms with Crippen molar-refractivity contribution in [1.82, 2.24) is 4.90 Å². The standard InChI is InChI=1S/C14H15NOS/c16-13-11-8-4-5-9-12(11)14(17)15(13)10-6-2-1-3-7-10/h1-2,4-5,8-10,14,17H,3,6-7H2. The molecular formula is C14H15NOS. The Morgan fingerprint density at radius 1 is 1.24 bits per heavy atom. The minimum Gasteiger partial charge on any atom is -0.319 e. The Morgan fingerprint density at radius 2 is 2.06 bits per heavy atom. The number of benzene rings is 1. The highest BCUT2D eigenvalue weighted by atomic mass is 32.1. The number of carbonyl (C=O) groups is 1. The largest absolute Gasteiger partial charge is 0.319 e. The van der Waals surface area contributed by atoms with Crippen LogP contribution < -0.4 is 0 Å². The molecule has 0 bridgehead atoms. The molecule has 17 heavy (non-hydrogen) atoms. The summed E-state index contributed by atoms with van der Waals surface area (Å²) in [6.07, 6.45) is 7.43. The van der Waals surface area contributed by atoms with Gasteiger partial charge in [0, 0.05) is 11.6 Å². The molecule has 0 fully saturated rings. The van der Waals surface area contributed by atoms with Crippen LogP contribution in [0.25, 0.3) is 0 Å². The lowest BCUT2D eigenvalue weighted by molar-refractivity contribution is 0.0686. The first-order valence-corrected chi connectivity index (χ1v) is 6.55. The Balaban J connectivity index is 1.94. The van der Waals surface area contributed by atoms with Crippen LogP contribution in [0.15, 0.2) is 36.4 Å². The molecular weight excluding hydrogens is 230 g/mol. The molecule has 1 aliphatic heterocycles. The normalized spacial score (nSPS) is 27.4. The number of amides is 1. The SMILES string of the molecule is O=C1c2ccccc2C(S)N1C1CC=CCC1. The van der Waals surface area contributed by atoms with E-state index in [2.05, 4.69) is 24.8 Å². The van der Waals surface area contributed by atoms with Gasteiger partial charge in [0.05, 0.1) is 0 Å². The third-order valence-corrected chi connectivity index (χ3v) is 4.13. The first-order chi connectivity index (χ1) is 8.29. The molecule has 0 saturated heterocycles. The summed E-state index contributed by atoms with van der Waals surface area (Å²) in [5.41, 5.74) is 1.87. The number of hydrogen-bond donors (Lipinski definition) is 1. The molecule has 1 amide bonds. The third kappa shape index (κ3) is 1.69. The van der Waals surface area contributed by atoms with Crippen LogP contribution in [-0.2, 0) is 0 Å². The fraction of sp³-hybridized carbons (Fsp3) is 0.357. The summed E-state index contributed by atoms with van der Waals surface area (Å²) in [6.45, 7) is 0. The molecule has 3 heteroatoms. The van der Waals surface area contributed by atoms with Gasteiger partial charge in [0.15, 0.2) is 0 Å². The van der Waals surface area contributed by atoms with Crippen molar-refractivity contribution in [2.45, 2.75) is 30.7 Å². The molecule has 0 aromatic heterocycles. The van der Waals surface area contributed by atoms with Crippen molar-refractivity contribution in [2.24, 2.45) is 0 Å². The number of hydrogen-bond acceptors (Lipinski definition) is 2. The first kappa shape index (κ1) is 10.9. The predicted molar refractivity (Wildman–Crippen MR) is 71.1 cm³/mol. The van der Waals surface area contributed by atoms with Gasteiger partial charge in [-0.15, -0.1) is 12.6 Å². The number of thiol groups is 1. The van der Waals surface area contributed by atoms with Crippen molar-refractivity contribution in [3.8, 4) is 0 Å². The highest BCUT2D eigenvalue weighted by Crippen LogP contribution is 2.39. The van der Waals surface area contributed by atoms with E-state index in [1.54, 1.807) is 0 Å². The van der Waals surface area contributed by atoms with Gasteiger partial charge in [-0.2, -0.15) is 0 Å². The summed E-state index contributed by atoms with van der Waals surface area (Å²) in [5.74, 6) is 0.140. The van der Waals surface area contributed by atoms with E-state index in [0.29, 0.717) is 6.04 Å². The van der Waals surface area contributed by atoms with E-state index >= 15 is 0 Å². The summed E-state index contributed by atoms with van der Waals surface area (Å²) in [7, 11) is 0. The maximum Gasteiger partial charge on any atom is 0.255 e. The monoisotopic (exact) mass is 245 g/mol. The van der Waals surface area contributed by atoms with Gasteiger partial charge >= 0.3 is 0 Å². The van der Waals surface area contributed by atoms with Gasteiger partial charge in [0.25, 0.3) is 5.91 Å². The molecule has 0 radical (unpaired) electrons. The van der Waals surface area contributed by atoms with Gasteiger partial charge in [-0.3, -0.25) is 4.79 Å². The fourth-order valence-corrected chi connectivity index (χ4v) is 3.23. The Bertz CT molecular complexity index is 483. The average Bonchev–Trinajstić information content (AvgIpc) is 2.64. The smallest absolute Gasteiger partial charge is 0.255 e. The maximum absolute atomic E-state index is 12.4.